The maximum atomic E-state index is 12.1. The summed E-state index contributed by atoms with van der Waals surface area (Å²) in [6.45, 7) is 0.494. The van der Waals surface area contributed by atoms with E-state index in [1.54, 1.807) is 25.2 Å². The summed E-state index contributed by atoms with van der Waals surface area (Å²) < 4.78 is 10.3. The van der Waals surface area contributed by atoms with Gasteiger partial charge in [0.05, 0.1) is 18.8 Å². The minimum absolute atomic E-state index is 0.100. The first kappa shape index (κ1) is 15.9. The summed E-state index contributed by atoms with van der Waals surface area (Å²) in [5.74, 6) is 0. The van der Waals surface area contributed by atoms with Gasteiger partial charge in [0.1, 0.15) is 12.7 Å². The number of anilines is 2. The lowest BCUT2D eigenvalue weighted by molar-refractivity contribution is 0.106. The largest absolute Gasteiger partial charge is 0.465 e. The molecule has 1 fully saturated rings. The van der Waals surface area contributed by atoms with Crippen molar-refractivity contribution in [3.8, 4) is 0 Å². The quantitative estimate of drug-likeness (QED) is 0.902. The van der Waals surface area contributed by atoms with Crippen molar-refractivity contribution in [1.82, 2.24) is 4.90 Å². The summed E-state index contributed by atoms with van der Waals surface area (Å²) in [6.07, 6.45) is -2.56. The van der Waals surface area contributed by atoms with Crippen molar-refractivity contribution in [2.45, 2.75) is 12.7 Å². The Morgan fingerprint density at radius 1 is 1.38 bits per heavy atom. The molecule has 0 bridgehead atoms. The van der Waals surface area contributed by atoms with Crippen LogP contribution in [-0.2, 0) is 16.1 Å². The van der Waals surface area contributed by atoms with Gasteiger partial charge in [-0.1, -0.05) is 0 Å². The molecule has 3 rings (SSSR count). The Morgan fingerprint density at radius 3 is 2.83 bits per heavy atom. The minimum Gasteiger partial charge on any atom is -0.465 e. The number of amides is 3. The lowest BCUT2D eigenvalue weighted by Gasteiger charge is -2.26. The number of benzene rings is 1. The number of hydrogen-bond donors (Lipinski definition) is 1. The predicted molar refractivity (Wildman–Crippen MR) is 83.3 cm³/mol. The summed E-state index contributed by atoms with van der Waals surface area (Å²) in [5, 5.41) is 8.90. The molecule has 1 aromatic carbocycles. The smallest absolute Gasteiger partial charge is 0.414 e. The number of rotatable bonds is 3. The van der Waals surface area contributed by atoms with Crippen LogP contribution < -0.4 is 9.80 Å². The summed E-state index contributed by atoms with van der Waals surface area (Å²) >= 11 is 0. The predicted octanol–water partition coefficient (Wildman–Crippen LogP) is 1.71. The zero-order valence-electron chi connectivity index (χ0n) is 13.3. The number of nitrogens with zero attached hydrogens (tertiary/aromatic N) is 3. The Hall–Kier alpha value is -2.97. The van der Waals surface area contributed by atoms with Gasteiger partial charge in [-0.3, -0.25) is 9.80 Å². The van der Waals surface area contributed by atoms with Gasteiger partial charge in [-0.15, -0.1) is 0 Å². The maximum absolute atomic E-state index is 12.1. The lowest BCUT2D eigenvalue weighted by Crippen LogP contribution is -2.35. The molecule has 9 nitrogen and oxygen atoms in total. The number of ether oxygens (including phenoxy) is 2. The van der Waals surface area contributed by atoms with E-state index in [-0.39, 0.29) is 19.7 Å². The first-order valence-electron chi connectivity index (χ1n) is 7.32. The van der Waals surface area contributed by atoms with Crippen LogP contribution in [0, 0.1) is 0 Å². The fourth-order valence-corrected chi connectivity index (χ4v) is 2.73. The number of likely N-dealkylation sites (N-methyl/N-ethyl adjacent to an activating group) is 1. The highest BCUT2D eigenvalue weighted by molar-refractivity contribution is 5.93. The number of fused-ring (bicyclic) bond motifs is 1. The summed E-state index contributed by atoms with van der Waals surface area (Å²) in [6, 6.07) is 5.23. The van der Waals surface area contributed by atoms with Crippen LogP contribution in [0.5, 0.6) is 0 Å². The summed E-state index contributed by atoms with van der Waals surface area (Å²) in [4.78, 5) is 38.4. The third-order valence-corrected chi connectivity index (χ3v) is 4.04. The number of carbonyl (C=O) groups excluding carboxylic acids is 2. The van der Waals surface area contributed by atoms with Crippen molar-refractivity contribution in [1.29, 1.82) is 0 Å². The van der Waals surface area contributed by atoms with Gasteiger partial charge >= 0.3 is 18.3 Å². The molecule has 0 aliphatic carbocycles. The Morgan fingerprint density at radius 2 is 2.12 bits per heavy atom. The molecule has 0 saturated carbocycles. The van der Waals surface area contributed by atoms with Crippen LogP contribution in [0.1, 0.15) is 5.56 Å². The van der Waals surface area contributed by atoms with E-state index in [2.05, 4.69) is 0 Å². The fraction of sp³-hybridized carbons (Fsp3) is 0.400. The molecule has 1 atom stereocenters. The van der Waals surface area contributed by atoms with Crippen LogP contribution in [0.4, 0.5) is 25.8 Å². The van der Waals surface area contributed by atoms with Gasteiger partial charge in [-0.25, -0.2) is 14.4 Å². The Bertz CT molecular complexity index is 706. The van der Waals surface area contributed by atoms with Gasteiger partial charge in [0.25, 0.3) is 0 Å². The maximum Gasteiger partial charge on any atom is 0.414 e. The second-order valence-corrected chi connectivity index (χ2v) is 5.71. The van der Waals surface area contributed by atoms with E-state index in [4.69, 9.17) is 14.6 Å². The van der Waals surface area contributed by atoms with E-state index in [0.717, 1.165) is 16.2 Å². The van der Waals surface area contributed by atoms with E-state index in [1.165, 1.54) is 16.8 Å². The molecule has 9 heteroatoms. The van der Waals surface area contributed by atoms with E-state index in [9.17, 15) is 14.4 Å². The SMILES string of the molecule is CN(C[C@H]1CN(c2ccc3c(c2)COC(=O)N3C)C(=O)O1)C(=O)O. The van der Waals surface area contributed by atoms with E-state index >= 15 is 0 Å². The molecular formula is C15H17N3O6. The van der Waals surface area contributed by atoms with Crippen LogP contribution in [-0.4, -0.2) is 61.6 Å². The molecule has 0 aromatic heterocycles. The van der Waals surface area contributed by atoms with Crippen LogP contribution >= 0.6 is 0 Å². The second-order valence-electron chi connectivity index (χ2n) is 5.71. The van der Waals surface area contributed by atoms with Gasteiger partial charge < -0.3 is 19.5 Å². The number of cyclic esters (lactones) is 2. The van der Waals surface area contributed by atoms with E-state index < -0.39 is 24.4 Å². The fourth-order valence-electron chi connectivity index (χ4n) is 2.73. The molecule has 1 aromatic rings. The monoisotopic (exact) mass is 335 g/mol. The molecule has 24 heavy (non-hydrogen) atoms. The highest BCUT2D eigenvalue weighted by atomic mass is 16.6. The van der Waals surface area contributed by atoms with Crippen molar-refractivity contribution >= 4 is 29.7 Å². The van der Waals surface area contributed by atoms with E-state index in [0.29, 0.717) is 5.69 Å². The topological polar surface area (TPSA) is 99.6 Å². The van der Waals surface area contributed by atoms with Crippen molar-refractivity contribution in [3.63, 3.8) is 0 Å². The van der Waals surface area contributed by atoms with Crippen molar-refractivity contribution in [3.05, 3.63) is 23.8 Å². The van der Waals surface area contributed by atoms with Gasteiger partial charge in [-0.2, -0.15) is 0 Å². The molecule has 2 aliphatic heterocycles. The number of hydrogen-bond acceptors (Lipinski definition) is 5. The first-order valence-corrected chi connectivity index (χ1v) is 7.32. The highest BCUT2D eigenvalue weighted by Gasteiger charge is 2.34. The van der Waals surface area contributed by atoms with Crippen molar-refractivity contribution in [2.24, 2.45) is 0 Å². The minimum atomic E-state index is -1.08. The van der Waals surface area contributed by atoms with Crippen LogP contribution in [0.3, 0.4) is 0 Å². The van der Waals surface area contributed by atoms with Gasteiger partial charge in [0.2, 0.25) is 0 Å². The average Bonchev–Trinajstić information content (AvgIpc) is 2.91. The Labute approximate surface area is 137 Å². The normalized spacial score (nSPS) is 19.7. The Kier molecular flexibility index (Phi) is 3.92. The first-order chi connectivity index (χ1) is 11.4. The molecule has 128 valence electrons. The third-order valence-electron chi connectivity index (χ3n) is 4.04. The second kappa shape index (κ2) is 5.91. The molecule has 0 radical (unpaired) electrons. The van der Waals surface area contributed by atoms with Crippen molar-refractivity contribution < 1.29 is 29.0 Å². The summed E-state index contributed by atoms with van der Waals surface area (Å²) in [7, 11) is 3.03. The molecular weight excluding hydrogens is 318 g/mol. The molecule has 2 heterocycles. The zero-order valence-corrected chi connectivity index (χ0v) is 13.3. The highest BCUT2D eigenvalue weighted by Crippen LogP contribution is 2.31. The standard InChI is InChI=1S/C15H17N3O6/c1-16(13(19)20)6-11-7-18(15(22)24-11)10-3-4-12-9(5-10)8-23-14(21)17(12)2/h3-5,11H,6-8H2,1-2H3,(H,19,20)/t11-/m0/s1. The van der Waals surface area contributed by atoms with Gasteiger partial charge in [0.15, 0.2) is 0 Å². The zero-order chi connectivity index (χ0) is 17.4. The number of carbonyl (C=O) groups is 3. The molecule has 3 amide bonds. The summed E-state index contributed by atoms with van der Waals surface area (Å²) in [5.41, 5.74) is 2.13. The van der Waals surface area contributed by atoms with Crippen LogP contribution in [0.25, 0.3) is 0 Å². The average molecular weight is 335 g/mol. The Balaban J connectivity index is 1.76. The van der Waals surface area contributed by atoms with Crippen LogP contribution in [0.15, 0.2) is 18.2 Å². The third kappa shape index (κ3) is 2.80. The van der Waals surface area contributed by atoms with E-state index in [1.807, 2.05) is 0 Å². The van der Waals surface area contributed by atoms with Crippen molar-refractivity contribution in [2.75, 3.05) is 37.0 Å². The molecule has 0 unspecified atom stereocenters. The van der Waals surface area contributed by atoms with Crippen LogP contribution in [0.2, 0.25) is 0 Å². The van der Waals surface area contributed by atoms with Gasteiger partial charge in [0, 0.05) is 25.3 Å². The molecule has 2 aliphatic rings. The number of carboxylic acid groups (broad SMARTS) is 1. The van der Waals surface area contributed by atoms with Gasteiger partial charge in [-0.05, 0) is 18.2 Å². The molecule has 1 N–H and O–H groups in total. The molecule has 0 spiro atoms. The molecule has 1 saturated heterocycles. The lowest BCUT2D eigenvalue weighted by atomic mass is 10.1.